The Bertz CT molecular complexity index is 990. The van der Waals surface area contributed by atoms with E-state index in [1.807, 2.05) is 13.1 Å². The fourth-order valence-corrected chi connectivity index (χ4v) is 4.48. The second-order valence-electron chi connectivity index (χ2n) is 7.18. The van der Waals surface area contributed by atoms with E-state index >= 15 is 0 Å². The molecular weight excluding hydrogens is 377 g/mol. The van der Waals surface area contributed by atoms with E-state index in [2.05, 4.69) is 27.3 Å². The number of carbonyl (C=O) groups excluding carboxylic acids is 1. The first-order valence-corrected chi connectivity index (χ1v) is 10.2. The topological polar surface area (TPSA) is 53.4 Å². The van der Waals surface area contributed by atoms with Gasteiger partial charge in [0.2, 0.25) is 0 Å². The molecule has 4 rings (SSSR count). The van der Waals surface area contributed by atoms with Crippen molar-refractivity contribution < 1.29 is 9.18 Å². The summed E-state index contributed by atoms with van der Waals surface area (Å²) in [6, 6.07) is 8.40. The van der Waals surface area contributed by atoms with Gasteiger partial charge in [0, 0.05) is 57.3 Å². The van der Waals surface area contributed by atoms with E-state index in [0.717, 1.165) is 42.9 Å². The molecule has 8 heteroatoms. The molecule has 2 aromatic heterocycles. The van der Waals surface area contributed by atoms with Crippen LogP contribution in [-0.2, 0) is 7.05 Å². The maximum atomic E-state index is 14.2. The summed E-state index contributed by atoms with van der Waals surface area (Å²) in [6.45, 7) is 5.67. The van der Waals surface area contributed by atoms with Crippen LogP contribution in [0.4, 0.5) is 4.39 Å². The molecule has 3 aromatic rings. The minimum atomic E-state index is -0.313. The van der Waals surface area contributed by atoms with E-state index < -0.39 is 0 Å². The number of nitrogens with one attached hydrogen (secondary N) is 1. The monoisotopic (exact) mass is 401 g/mol. The predicted octanol–water partition coefficient (Wildman–Crippen LogP) is 2.42. The number of aryl methyl sites for hydroxylation is 1. The van der Waals surface area contributed by atoms with Crippen molar-refractivity contribution in [3.8, 4) is 11.3 Å². The number of piperazine rings is 1. The van der Waals surface area contributed by atoms with Crippen LogP contribution in [0.3, 0.4) is 0 Å². The zero-order valence-corrected chi connectivity index (χ0v) is 16.9. The van der Waals surface area contributed by atoms with Crippen molar-refractivity contribution in [1.82, 2.24) is 24.9 Å². The Morgan fingerprint density at radius 2 is 1.96 bits per heavy atom. The summed E-state index contributed by atoms with van der Waals surface area (Å²) >= 11 is 1.39. The van der Waals surface area contributed by atoms with Gasteiger partial charge >= 0.3 is 0 Å². The number of fused-ring (bicyclic) bond motifs is 1. The number of nitrogens with zero attached hydrogens (tertiary/aromatic N) is 4. The number of amides is 1. The zero-order chi connectivity index (χ0) is 19.7. The maximum Gasteiger partial charge on any atom is 0.261 e. The van der Waals surface area contributed by atoms with Gasteiger partial charge in [-0.15, -0.1) is 11.3 Å². The van der Waals surface area contributed by atoms with Gasteiger partial charge in [-0.1, -0.05) is 12.1 Å². The SMILES string of the molecule is CN1CCN(CCNC(=O)c2cc3c(-c4ccccc4F)nn(C)c3s2)CC1. The molecule has 0 bridgehead atoms. The van der Waals surface area contributed by atoms with Crippen LogP contribution in [0, 0.1) is 5.82 Å². The average Bonchev–Trinajstić information content (AvgIpc) is 3.25. The van der Waals surface area contributed by atoms with Crippen LogP contribution in [0.25, 0.3) is 21.5 Å². The highest BCUT2D eigenvalue weighted by atomic mass is 32.1. The number of hydrogen-bond donors (Lipinski definition) is 1. The summed E-state index contributed by atoms with van der Waals surface area (Å²) in [5.74, 6) is -0.401. The smallest absolute Gasteiger partial charge is 0.261 e. The summed E-state index contributed by atoms with van der Waals surface area (Å²) in [5, 5.41) is 8.27. The number of halogens is 1. The van der Waals surface area contributed by atoms with Gasteiger partial charge in [-0.3, -0.25) is 14.4 Å². The van der Waals surface area contributed by atoms with E-state index in [0.29, 0.717) is 22.7 Å². The molecule has 0 spiro atoms. The normalized spacial score (nSPS) is 16.0. The van der Waals surface area contributed by atoms with Crippen LogP contribution in [0.5, 0.6) is 0 Å². The molecule has 1 saturated heterocycles. The lowest BCUT2D eigenvalue weighted by atomic mass is 10.1. The second-order valence-corrected chi connectivity index (χ2v) is 8.21. The van der Waals surface area contributed by atoms with Gasteiger partial charge in [-0.2, -0.15) is 5.10 Å². The molecule has 0 atom stereocenters. The van der Waals surface area contributed by atoms with Gasteiger partial charge in [0.05, 0.1) is 4.88 Å². The van der Waals surface area contributed by atoms with E-state index in [1.54, 1.807) is 22.9 Å². The molecule has 3 heterocycles. The Kier molecular flexibility index (Phi) is 5.43. The van der Waals surface area contributed by atoms with Crippen molar-refractivity contribution in [1.29, 1.82) is 0 Å². The van der Waals surface area contributed by atoms with Gasteiger partial charge in [0.15, 0.2) is 0 Å². The Morgan fingerprint density at radius 3 is 2.71 bits per heavy atom. The van der Waals surface area contributed by atoms with Crippen LogP contribution < -0.4 is 5.32 Å². The van der Waals surface area contributed by atoms with Gasteiger partial charge in [0.25, 0.3) is 5.91 Å². The highest BCUT2D eigenvalue weighted by Crippen LogP contribution is 2.34. The number of aromatic nitrogens is 2. The molecular formula is C20H24FN5OS. The minimum absolute atomic E-state index is 0.0881. The summed E-state index contributed by atoms with van der Waals surface area (Å²) in [5.41, 5.74) is 1.02. The van der Waals surface area contributed by atoms with Crippen molar-refractivity contribution >= 4 is 27.5 Å². The van der Waals surface area contributed by atoms with Crippen LogP contribution in [0.15, 0.2) is 30.3 Å². The quantitative estimate of drug-likeness (QED) is 0.714. The highest BCUT2D eigenvalue weighted by molar-refractivity contribution is 7.20. The van der Waals surface area contributed by atoms with Crippen molar-refractivity contribution in [2.24, 2.45) is 7.05 Å². The molecule has 1 amide bonds. The fraction of sp³-hybridized carbons (Fsp3) is 0.400. The first kappa shape index (κ1) is 19.0. The third-order valence-corrected chi connectivity index (χ3v) is 6.37. The van der Waals surface area contributed by atoms with Gasteiger partial charge in [-0.25, -0.2) is 4.39 Å². The second kappa shape index (κ2) is 7.98. The third-order valence-electron chi connectivity index (χ3n) is 5.17. The van der Waals surface area contributed by atoms with Crippen LogP contribution in [0.2, 0.25) is 0 Å². The lowest BCUT2D eigenvalue weighted by Gasteiger charge is -2.32. The Balaban J connectivity index is 1.46. The largest absolute Gasteiger partial charge is 0.350 e. The summed E-state index contributed by atoms with van der Waals surface area (Å²) < 4.78 is 15.9. The van der Waals surface area contributed by atoms with Crippen LogP contribution in [-0.4, -0.2) is 71.8 Å². The average molecular weight is 402 g/mol. The Hall–Kier alpha value is -2.29. The van der Waals surface area contributed by atoms with E-state index in [9.17, 15) is 9.18 Å². The standard InChI is InChI=1S/C20H24FN5OS/c1-24-9-11-26(12-10-24)8-7-22-19(27)17-13-15-18(23-25(2)20(15)28-17)14-5-3-4-6-16(14)21/h3-6,13H,7-12H2,1-2H3,(H,22,27). The third kappa shape index (κ3) is 3.80. The van der Waals surface area contributed by atoms with Crippen molar-refractivity contribution in [2.75, 3.05) is 46.3 Å². The van der Waals surface area contributed by atoms with Crippen LogP contribution in [0.1, 0.15) is 9.67 Å². The lowest BCUT2D eigenvalue weighted by Crippen LogP contribution is -2.46. The first-order chi connectivity index (χ1) is 13.5. The van der Waals surface area contributed by atoms with Gasteiger partial charge in [0.1, 0.15) is 16.3 Å². The molecule has 1 aliphatic heterocycles. The number of carbonyl (C=O) groups is 1. The molecule has 0 saturated carbocycles. The van der Waals surface area contributed by atoms with Gasteiger partial charge < -0.3 is 10.2 Å². The summed E-state index contributed by atoms with van der Waals surface area (Å²) in [7, 11) is 3.95. The molecule has 1 aliphatic rings. The van der Waals surface area contributed by atoms with E-state index in [4.69, 9.17) is 0 Å². The number of benzene rings is 1. The number of thiophene rings is 1. The molecule has 28 heavy (non-hydrogen) atoms. The molecule has 0 radical (unpaired) electrons. The van der Waals surface area contributed by atoms with Crippen molar-refractivity contribution in [3.05, 3.63) is 41.0 Å². The first-order valence-electron chi connectivity index (χ1n) is 9.43. The Labute approximate surface area is 167 Å². The molecule has 1 fully saturated rings. The van der Waals surface area contributed by atoms with E-state index in [1.165, 1.54) is 17.4 Å². The number of hydrogen-bond acceptors (Lipinski definition) is 5. The molecule has 0 unspecified atom stereocenters. The number of likely N-dealkylation sites (N-methyl/N-ethyl adjacent to an activating group) is 1. The zero-order valence-electron chi connectivity index (χ0n) is 16.1. The minimum Gasteiger partial charge on any atom is -0.350 e. The Morgan fingerprint density at radius 1 is 1.21 bits per heavy atom. The maximum absolute atomic E-state index is 14.2. The summed E-state index contributed by atoms with van der Waals surface area (Å²) in [4.78, 5) is 18.8. The predicted molar refractivity (Wildman–Crippen MR) is 110 cm³/mol. The summed E-state index contributed by atoms with van der Waals surface area (Å²) in [6.07, 6.45) is 0. The molecule has 6 nitrogen and oxygen atoms in total. The van der Waals surface area contributed by atoms with Crippen molar-refractivity contribution in [2.45, 2.75) is 0 Å². The molecule has 1 aromatic carbocycles. The van der Waals surface area contributed by atoms with Gasteiger partial charge in [-0.05, 0) is 25.2 Å². The number of rotatable bonds is 5. The van der Waals surface area contributed by atoms with Crippen molar-refractivity contribution in [3.63, 3.8) is 0 Å². The highest BCUT2D eigenvalue weighted by Gasteiger charge is 2.20. The molecule has 148 valence electrons. The molecule has 0 aliphatic carbocycles. The lowest BCUT2D eigenvalue weighted by molar-refractivity contribution is 0.0945. The molecule has 1 N–H and O–H groups in total. The van der Waals surface area contributed by atoms with E-state index in [-0.39, 0.29) is 11.7 Å². The van der Waals surface area contributed by atoms with Crippen LogP contribution >= 0.6 is 11.3 Å². The fourth-order valence-electron chi connectivity index (χ4n) is 3.49.